The van der Waals surface area contributed by atoms with E-state index in [0.717, 1.165) is 22.6 Å². The van der Waals surface area contributed by atoms with Crippen molar-refractivity contribution in [3.63, 3.8) is 0 Å². The van der Waals surface area contributed by atoms with Gasteiger partial charge in [-0.25, -0.2) is 13.1 Å². The molecule has 1 heterocycles. The molecule has 6 heteroatoms. The normalized spacial score (nSPS) is 12.3. The van der Waals surface area contributed by atoms with Gasteiger partial charge in [-0.1, -0.05) is 13.8 Å². The van der Waals surface area contributed by atoms with Gasteiger partial charge in [-0.15, -0.1) is 11.3 Å². The van der Waals surface area contributed by atoms with E-state index in [-0.39, 0.29) is 0 Å². The molecule has 1 aromatic heterocycles. The van der Waals surface area contributed by atoms with Gasteiger partial charge in [0.05, 0.1) is 4.90 Å². The van der Waals surface area contributed by atoms with Crippen LogP contribution in [0.5, 0.6) is 0 Å². The Bertz CT molecular complexity index is 493. The first-order chi connectivity index (χ1) is 8.86. The fourth-order valence-electron chi connectivity index (χ4n) is 1.85. The molecule has 0 aliphatic heterocycles. The molecule has 4 nitrogen and oxygen atoms in total. The summed E-state index contributed by atoms with van der Waals surface area (Å²) in [7, 11) is -1.50. The summed E-state index contributed by atoms with van der Waals surface area (Å²) < 4.78 is 27.1. The molecule has 1 rings (SSSR count). The number of hydrogen-bond acceptors (Lipinski definition) is 4. The van der Waals surface area contributed by atoms with Crippen LogP contribution in [0.3, 0.4) is 0 Å². The molecule has 110 valence electrons. The fraction of sp³-hybridized carbons (Fsp3) is 0.692. The van der Waals surface area contributed by atoms with Crippen LogP contribution in [-0.4, -0.2) is 22.0 Å². The Morgan fingerprint density at radius 2 is 2.05 bits per heavy atom. The van der Waals surface area contributed by atoms with Crippen molar-refractivity contribution in [2.45, 2.75) is 45.1 Å². The van der Waals surface area contributed by atoms with Gasteiger partial charge in [-0.2, -0.15) is 0 Å². The van der Waals surface area contributed by atoms with Crippen LogP contribution in [-0.2, 0) is 16.6 Å². The van der Waals surface area contributed by atoms with Crippen LogP contribution in [0.1, 0.15) is 36.4 Å². The zero-order valence-electron chi connectivity index (χ0n) is 12.1. The van der Waals surface area contributed by atoms with Crippen LogP contribution >= 0.6 is 11.3 Å². The number of hydrogen-bond donors (Lipinski definition) is 2. The van der Waals surface area contributed by atoms with Gasteiger partial charge >= 0.3 is 0 Å². The van der Waals surface area contributed by atoms with Crippen LogP contribution in [0.15, 0.2) is 11.0 Å². The summed E-state index contributed by atoms with van der Waals surface area (Å²) in [6, 6.07) is 1.77. The molecule has 0 amide bonds. The largest absolute Gasteiger partial charge is 0.315 e. The summed E-state index contributed by atoms with van der Waals surface area (Å²) in [6.45, 7) is 7.35. The van der Waals surface area contributed by atoms with Gasteiger partial charge in [0, 0.05) is 22.8 Å². The van der Waals surface area contributed by atoms with Gasteiger partial charge < -0.3 is 5.32 Å². The number of rotatable bonds is 8. The highest BCUT2D eigenvalue weighted by Gasteiger charge is 2.19. The van der Waals surface area contributed by atoms with E-state index in [0.29, 0.717) is 23.9 Å². The second-order valence-corrected chi connectivity index (χ2v) is 8.17. The van der Waals surface area contributed by atoms with Crippen LogP contribution in [0.2, 0.25) is 0 Å². The first-order valence-corrected chi connectivity index (χ1v) is 8.90. The van der Waals surface area contributed by atoms with Crippen LogP contribution in [0.4, 0.5) is 0 Å². The standard InChI is InChI=1S/C13H24N2O2S2/c1-10(2)6-5-7-15-19(16,17)13-8-12(9-14-4)18-11(13)3/h8,10,14-15H,5-7,9H2,1-4H3. The highest BCUT2D eigenvalue weighted by atomic mass is 32.2. The smallest absolute Gasteiger partial charge is 0.241 e. The van der Waals surface area contributed by atoms with Crippen molar-refractivity contribution >= 4 is 21.4 Å². The summed E-state index contributed by atoms with van der Waals surface area (Å²) >= 11 is 1.53. The van der Waals surface area contributed by atoms with Gasteiger partial charge in [0.1, 0.15) is 0 Å². The lowest BCUT2D eigenvalue weighted by Gasteiger charge is -2.07. The van der Waals surface area contributed by atoms with Gasteiger partial charge in [-0.05, 0) is 38.8 Å². The lowest BCUT2D eigenvalue weighted by atomic mass is 10.1. The van der Waals surface area contributed by atoms with Crippen LogP contribution in [0, 0.1) is 12.8 Å². The van der Waals surface area contributed by atoms with Crippen molar-refractivity contribution < 1.29 is 8.42 Å². The molecular weight excluding hydrogens is 280 g/mol. The van der Waals surface area contributed by atoms with E-state index in [1.54, 1.807) is 6.07 Å². The van der Waals surface area contributed by atoms with E-state index in [1.807, 2.05) is 14.0 Å². The Hall–Kier alpha value is -0.430. The predicted octanol–water partition coefficient (Wildman–Crippen LogP) is 2.49. The Balaban J connectivity index is 2.66. The van der Waals surface area contributed by atoms with Crippen molar-refractivity contribution in [1.29, 1.82) is 0 Å². The molecule has 0 spiro atoms. The Morgan fingerprint density at radius 3 is 2.63 bits per heavy atom. The molecule has 0 saturated heterocycles. The van der Waals surface area contributed by atoms with Crippen molar-refractivity contribution in [3.05, 3.63) is 15.8 Å². The monoisotopic (exact) mass is 304 g/mol. The molecule has 0 aliphatic carbocycles. The first kappa shape index (κ1) is 16.6. The van der Waals surface area contributed by atoms with Gasteiger partial charge in [0.15, 0.2) is 0 Å². The van der Waals surface area contributed by atoms with E-state index >= 15 is 0 Å². The zero-order valence-corrected chi connectivity index (χ0v) is 13.7. The number of nitrogens with one attached hydrogen (secondary N) is 2. The van der Waals surface area contributed by atoms with E-state index in [1.165, 1.54) is 11.3 Å². The quantitative estimate of drug-likeness (QED) is 0.726. The van der Waals surface area contributed by atoms with Gasteiger partial charge in [0.25, 0.3) is 0 Å². The molecule has 0 atom stereocenters. The molecule has 2 N–H and O–H groups in total. The first-order valence-electron chi connectivity index (χ1n) is 6.60. The minimum absolute atomic E-state index is 0.423. The molecule has 0 bridgehead atoms. The lowest BCUT2D eigenvalue weighted by molar-refractivity contribution is 0.540. The SMILES string of the molecule is CNCc1cc(S(=O)(=O)NCCCC(C)C)c(C)s1. The van der Waals surface area contributed by atoms with E-state index in [4.69, 9.17) is 0 Å². The van der Waals surface area contributed by atoms with Crippen LogP contribution < -0.4 is 10.0 Å². The summed E-state index contributed by atoms with van der Waals surface area (Å²) in [6.07, 6.45) is 1.92. The van der Waals surface area contributed by atoms with E-state index in [2.05, 4.69) is 23.9 Å². The summed E-state index contributed by atoms with van der Waals surface area (Å²) in [5, 5.41) is 3.04. The molecule has 1 aromatic rings. The van der Waals surface area contributed by atoms with E-state index in [9.17, 15) is 8.42 Å². The highest BCUT2D eigenvalue weighted by molar-refractivity contribution is 7.89. The number of sulfonamides is 1. The summed E-state index contributed by atoms with van der Waals surface area (Å²) in [4.78, 5) is 2.32. The third-order valence-electron chi connectivity index (χ3n) is 2.81. The topological polar surface area (TPSA) is 58.2 Å². The Kier molecular flexibility index (Phi) is 6.46. The Labute approximate surface area is 120 Å². The molecule has 0 unspecified atom stereocenters. The van der Waals surface area contributed by atoms with E-state index < -0.39 is 10.0 Å². The average molecular weight is 304 g/mol. The summed E-state index contributed by atoms with van der Waals surface area (Å²) in [5.74, 6) is 0.606. The summed E-state index contributed by atoms with van der Waals surface area (Å²) in [5.41, 5.74) is 0. The second kappa shape index (κ2) is 7.38. The molecule has 19 heavy (non-hydrogen) atoms. The van der Waals surface area contributed by atoms with Crippen molar-refractivity contribution in [2.24, 2.45) is 5.92 Å². The molecule has 0 saturated carbocycles. The highest BCUT2D eigenvalue weighted by Crippen LogP contribution is 2.25. The number of aryl methyl sites for hydroxylation is 1. The molecule has 0 aliphatic rings. The Morgan fingerprint density at radius 1 is 1.37 bits per heavy atom. The van der Waals surface area contributed by atoms with Gasteiger partial charge in [0.2, 0.25) is 10.0 Å². The van der Waals surface area contributed by atoms with Crippen molar-refractivity contribution in [2.75, 3.05) is 13.6 Å². The number of thiophene rings is 1. The minimum Gasteiger partial charge on any atom is -0.315 e. The zero-order chi connectivity index (χ0) is 14.5. The third kappa shape index (κ3) is 5.22. The average Bonchev–Trinajstić information content (AvgIpc) is 2.67. The van der Waals surface area contributed by atoms with Crippen molar-refractivity contribution in [1.82, 2.24) is 10.0 Å². The lowest BCUT2D eigenvalue weighted by Crippen LogP contribution is -2.25. The van der Waals surface area contributed by atoms with Crippen molar-refractivity contribution in [3.8, 4) is 0 Å². The fourth-order valence-corrected chi connectivity index (χ4v) is 4.57. The van der Waals surface area contributed by atoms with Gasteiger partial charge in [-0.3, -0.25) is 0 Å². The molecule has 0 aromatic carbocycles. The third-order valence-corrected chi connectivity index (χ3v) is 5.58. The maximum absolute atomic E-state index is 12.2. The predicted molar refractivity (Wildman–Crippen MR) is 81.1 cm³/mol. The molecular formula is C13H24N2O2S2. The minimum atomic E-state index is -3.35. The maximum atomic E-state index is 12.2. The van der Waals surface area contributed by atoms with Crippen LogP contribution in [0.25, 0.3) is 0 Å². The maximum Gasteiger partial charge on any atom is 0.241 e. The molecule has 0 radical (unpaired) electrons. The second-order valence-electron chi connectivity index (χ2n) is 5.10. The molecule has 0 fully saturated rings.